The van der Waals surface area contributed by atoms with Crippen LogP contribution in [-0.4, -0.2) is 4.98 Å². The summed E-state index contributed by atoms with van der Waals surface area (Å²) in [7, 11) is 0. The number of hydrogen-bond acceptors (Lipinski definition) is 4. The second-order valence-corrected chi connectivity index (χ2v) is 5.69. The van der Waals surface area contributed by atoms with Crippen molar-refractivity contribution in [1.29, 1.82) is 0 Å². The zero-order chi connectivity index (χ0) is 16.4. The Bertz CT molecular complexity index is 888. The molecule has 3 rings (SSSR count). The van der Waals surface area contributed by atoms with E-state index in [0.29, 0.717) is 22.2 Å². The van der Waals surface area contributed by atoms with Gasteiger partial charge in [0.05, 0.1) is 16.5 Å². The summed E-state index contributed by atoms with van der Waals surface area (Å²) >= 11 is 1.16. The first-order chi connectivity index (χ1) is 10.9. The van der Waals surface area contributed by atoms with Gasteiger partial charge in [0.15, 0.2) is 0 Å². The van der Waals surface area contributed by atoms with Crippen LogP contribution in [0.2, 0.25) is 0 Å². The lowest BCUT2D eigenvalue weighted by Gasteiger charge is -2.07. The number of aromatic nitrogens is 1. The smallest absolute Gasteiger partial charge is 0.397 e. The molecule has 23 heavy (non-hydrogen) atoms. The minimum absolute atomic E-state index is 0.189. The summed E-state index contributed by atoms with van der Waals surface area (Å²) < 4.78 is 42.6. The highest BCUT2D eigenvalue weighted by Gasteiger charge is 2.29. The molecule has 0 N–H and O–H groups in total. The molecule has 3 aromatic rings. The predicted octanol–water partition coefficient (Wildman–Crippen LogP) is 4.50. The maximum absolute atomic E-state index is 12.5. The van der Waals surface area contributed by atoms with Crippen LogP contribution >= 0.6 is 11.8 Å². The maximum atomic E-state index is 12.5. The molecule has 0 atom stereocenters. The number of para-hydroxylation sites is 1. The average molecular weight is 337 g/mol. The van der Waals surface area contributed by atoms with Gasteiger partial charge in [-0.25, -0.2) is 9.78 Å². The quantitative estimate of drug-likeness (QED) is 0.660. The van der Waals surface area contributed by atoms with E-state index in [-0.39, 0.29) is 5.22 Å². The van der Waals surface area contributed by atoms with E-state index in [1.165, 1.54) is 12.1 Å². The zero-order valence-corrected chi connectivity index (χ0v) is 12.4. The minimum atomic E-state index is -4.35. The molecule has 0 aliphatic rings. The molecule has 0 bridgehead atoms. The third-order valence-corrected chi connectivity index (χ3v) is 4.06. The third-order valence-electron chi connectivity index (χ3n) is 3.16. The number of hydrogen-bond donors (Lipinski definition) is 0. The molecule has 2 aromatic carbocycles. The molecule has 0 spiro atoms. The first kappa shape index (κ1) is 15.6. The highest BCUT2D eigenvalue weighted by Crippen LogP contribution is 2.30. The fraction of sp³-hybridized carbons (Fsp3) is 0.125. The molecule has 0 saturated carbocycles. The Morgan fingerprint density at radius 2 is 1.74 bits per heavy atom. The number of alkyl halides is 3. The van der Waals surface area contributed by atoms with E-state index in [9.17, 15) is 18.0 Å². The van der Waals surface area contributed by atoms with E-state index in [0.717, 1.165) is 23.9 Å². The van der Waals surface area contributed by atoms with Gasteiger partial charge in [0, 0.05) is 5.75 Å². The van der Waals surface area contributed by atoms with E-state index in [1.54, 1.807) is 24.3 Å². The molecule has 7 heteroatoms. The first-order valence-electron chi connectivity index (χ1n) is 6.62. The lowest BCUT2D eigenvalue weighted by Crippen LogP contribution is -2.04. The highest BCUT2D eigenvalue weighted by atomic mass is 32.2. The molecule has 1 heterocycles. The highest BCUT2D eigenvalue weighted by molar-refractivity contribution is 7.98. The summed E-state index contributed by atoms with van der Waals surface area (Å²) in [5, 5.41) is 0.583. The molecule has 0 saturated heterocycles. The van der Waals surface area contributed by atoms with E-state index >= 15 is 0 Å². The molecule has 0 aliphatic heterocycles. The number of rotatable bonds is 3. The van der Waals surface area contributed by atoms with Crippen molar-refractivity contribution in [3.05, 3.63) is 70.1 Å². The van der Waals surface area contributed by atoms with Crippen molar-refractivity contribution in [2.75, 3.05) is 0 Å². The summed E-state index contributed by atoms with van der Waals surface area (Å²) in [6.45, 7) is 0. The van der Waals surface area contributed by atoms with Crippen LogP contribution in [0.3, 0.4) is 0 Å². The standard InChI is InChI=1S/C16H10F3NO2S/c17-16(18,19)11-7-5-10(6-8-11)9-23-15-20-13-4-2-1-3-12(13)14(21)22-15/h1-8H,9H2. The summed E-state index contributed by atoms with van der Waals surface area (Å²) in [5.41, 5.74) is 0.0337. The van der Waals surface area contributed by atoms with Crippen LogP contribution < -0.4 is 5.63 Å². The predicted molar refractivity (Wildman–Crippen MR) is 81.3 cm³/mol. The van der Waals surface area contributed by atoms with Crippen LogP contribution in [0.4, 0.5) is 13.2 Å². The van der Waals surface area contributed by atoms with Crippen LogP contribution in [-0.2, 0) is 11.9 Å². The van der Waals surface area contributed by atoms with E-state index < -0.39 is 17.4 Å². The van der Waals surface area contributed by atoms with E-state index in [1.807, 2.05) is 0 Å². The van der Waals surface area contributed by atoms with Crippen molar-refractivity contribution in [3.63, 3.8) is 0 Å². The molecular weight excluding hydrogens is 327 g/mol. The molecular formula is C16H10F3NO2S. The van der Waals surface area contributed by atoms with Crippen molar-refractivity contribution in [2.45, 2.75) is 17.2 Å². The fourth-order valence-corrected chi connectivity index (χ4v) is 2.78. The monoisotopic (exact) mass is 337 g/mol. The lowest BCUT2D eigenvalue weighted by atomic mass is 10.1. The van der Waals surface area contributed by atoms with Crippen LogP contribution in [0.15, 0.2) is 63.0 Å². The Balaban J connectivity index is 1.77. The van der Waals surface area contributed by atoms with Crippen molar-refractivity contribution in [2.24, 2.45) is 0 Å². The van der Waals surface area contributed by atoms with Crippen LogP contribution in [0.1, 0.15) is 11.1 Å². The van der Waals surface area contributed by atoms with Gasteiger partial charge in [0.1, 0.15) is 0 Å². The number of fused-ring (bicyclic) bond motifs is 1. The summed E-state index contributed by atoms with van der Waals surface area (Å²) in [5.74, 6) is 0.354. The van der Waals surface area contributed by atoms with Crippen molar-refractivity contribution in [1.82, 2.24) is 4.98 Å². The molecule has 0 aliphatic carbocycles. The van der Waals surface area contributed by atoms with Gasteiger partial charge in [-0.05, 0) is 29.8 Å². The Labute approximate surface area is 133 Å². The van der Waals surface area contributed by atoms with Gasteiger partial charge in [-0.2, -0.15) is 13.2 Å². The number of nitrogens with zero attached hydrogens (tertiary/aromatic N) is 1. The van der Waals surface area contributed by atoms with Crippen LogP contribution in [0.25, 0.3) is 10.9 Å². The maximum Gasteiger partial charge on any atom is 0.416 e. The lowest BCUT2D eigenvalue weighted by molar-refractivity contribution is -0.137. The van der Waals surface area contributed by atoms with Crippen molar-refractivity contribution < 1.29 is 17.6 Å². The van der Waals surface area contributed by atoms with Gasteiger partial charge < -0.3 is 4.42 Å². The molecule has 3 nitrogen and oxygen atoms in total. The Morgan fingerprint density at radius 3 is 2.43 bits per heavy atom. The second-order valence-electron chi connectivity index (χ2n) is 4.77. The Hall–Kier alpha value is -2.28. The molecule has 0 radical (unpaired) electrons. The Morgan fingerprint density at radius 1 is 1.04 bits per heavy atom. The molecule has 1 aromatic heterocycles. The van der Waals surface area contributed by atoms with Crippen molar-refractivity contribution >= 4 is 22.7 Å². The fourth-order valence-electron chi connectivity index (χ4n) is 2.00. The molecule has 0 fully saturated rings. The van der Waals surface area contributed by atoms with Gasteiger partial charge in [-0.1, -0.05) is 36.0 Å². The van der Waals surface area contributed by atoms with Crippen LogP contribution in [0, 0.1) is 0 Å². The zero-order valence-electron chi connectivity index (χ0n) is 11.6. The van der Waals surface area contributed by atoms with Crippen LogP contribution in [0.5, 0.6) is 0 Å². The Kier molecular flexibility index (Phi) is 4.12. The third kappa shape index (κ3) is 3.56. The summed E-state index contributed by atoms with van der Waals surface area (Å²) in [6, 6.07) is 11.7. The minimum Gasteiger partial charge on any atom is -0.397 e. The van der Waals surface area contributed by atoms with Gasteiger partial charge >= 0.3 is 11.8 Å². The first-order valence-corrected chi connectivity index (χ1v) is 7.61. The summed E-state index contributed by atoms with van der Waals surface area (Å²) in [6.07, 6.45) is -4.35. The van der Waals surface area contributed by atoms with E-state index in [4.69, 9.17) is 4.42 Å². The number of benzene rings is 2. The molecule has 0 unspecified atom stereocenters. The number of thioether (sulfide) groups is 1. The topological polar surface area (TPSA) is 43.1 Å². The number of halogens is 3. The SMILES string of the molecule is O=c1oc(SCc2ccc(C(F)(F)F)cc2)nc2ccccc12. The average Bonchev–Trinajstić information content (AvgIpc) is 2.52. The molecule has 0 amide bonds. The summed E-state index contributed by atoms with van der Waals surface area (Å²) in [4.78, 5) is 16.0. The second kappa shape index (κ2) is 6.08. The normalized spacial score (nSPS) is 11.8. The van der Waals surface area contributed by atoms with Gasteiger partial charge in [0.2, 0.25) is 0 Å². The van der Waals surface area contributed by atoms with Gasteiger partial charge in [-0.15, -0.1) is 0 Å². The van der Waals surface area contributed by atoms with Gasteiger partial charge in [0.25, 0.3) is 5.22 Å². The largest absolute Gasteiger partial charge is 0.416 e. The molecule has 118 valence electrons. The van der Waals surface area contributed by atoms with Crippen molar-refractivity contribution in [3.8, 4) is 0 Å². The van der Waals surface area contributed by atoms with E-state index in [2.05, 4.69) is 4.98 Å². The van der Waals surface area contributed by atoms with Gasteiger partial charge in [-0.3, -0.25) is 0 Å².